The lowest BCUT2D eigenvalue weighted by molar-refractivity contribution is -0.146. The van der Waals surface area contributed by atoms with E-state index in [9.17, 15) is 19.5 Å². The topological polar surface area (TPSA) is 127 Å². The number of primary amides is 1. The Bertz CT molecular complexity index is 708. The van der Waals surface area contributed by atoms with Gasteiger partial charge in [0.2, 0.25) is 5.91 Å². The highest BCUT2D eigenvalue weighted by atomic mass is 16.4. The van der Waals surface area contributed by atoms with Crippen LogP contribution >= 0.6 is 0 Å². The molecule has 0 saturated heterocycles. The fourth-order valence-corrected chi connectivity index (χ4v) is 3.71. The standard InChI is InChI=1S/C15H18N4O4/c1-2-19-12(13(16)20)9(6-17-19)18-14(21)10-7-3-4-8(5-7)11(10)15(22)23/h3-4,6-8,10-11H,2,5H2,1H3,(H2,16,20)(H,18,21)(H,22,23)/t7-,8-,10-,11-/m0/s1. The van der Waals surface area contributed by atoms with Crippen LogP contribution in [-0.2, 0) is 16.1 Å². The molecule has 0 unspecified atom stereocenters. The zero-order valence-corrected chi connectivity index (χ0v) is 12.6. The molecule has 1 heterocycles. The summed E-state index contributed by atoms with van der Waals surface area (Å²) in [7, 11) is 0. The summed E-state index contributed by atoms with van der Waals surface area (Å²) >= 11 is 0. The largest absolute Gasteiger partial charge is 0.481 e. The van der Waals surface area contributed by atoms with Crippen LogP contribution in [0.25, 0.3) is 0 Å². The van der Waals surface area contributed by atoms with Gasteiger partial charge in [-0.3, -0.25) is 19.1 Å². The van der Waals surface area contributed by atoms with Crippen LogP contribution in [0.3, 0.4) is 0 Å². The molecule has 23 heavy (non-hydrogen) atoms. The number of aliphatic carboxylic acids is 1. The molecule has 2 aliphatic carbocycles. The fraction of sp³-hybridized carbons (Fsp3) is 0.467. The number of nitrogens with zero attached hydrogens (tertiary/aromatic N) is 2. The summed E-state index contributed by atoms with van der Waals surface area (Å²) in [5.41, 5.74) is 5.68. The number of aromatic nitrogens is 2. The lowest BCUT2D eigenvalue weighted by Crippen LogP contribution is -2.36. The van der Waals surface area contributed by atoms with E-state index in [0.717, 1.165) is 0 Å². The van der Waals surface area contributed by atoms with Crippen LogP contribution in [0.4, 0.5) is 5.69 Å². The Labute approximate surface area is 132 Å². The molecule has 1 fully saturated rings. The lowest BCUT2D eigenvalue weighted by Gasteiger charge is -2.23. The zero-order chi connectivity index (χ0) is 16.7. The number of rotatable bonds is 5. The number of nitrogens with one attached hydrogen (secondary N) is 1. The van der Waals surface area contributed by atoms with E-state index in [0.29, 0.717) is 13.0 Å². The van der Waals surface area contributed by atoms with E-state index in [-0.39, 0.29) is 23.2 Å². The molecule has 0 aliphatic heterocycles. The third-order valence-electron chi connectivity index (χ3n) is 4.68. The summed E-state index contributed by atoms with van der Waals surface area (Å²) in [4.78, 5) is 35.6. The van der Waals surface area contributed by atoms with Crippen LogP contribution in [-0.4, -0.2) is 32.7 Å². The normalized spacial score (nSPS) is 28.0. The molecule has 122 valence electrons. The highest BCUT2D eigenvalue weighted by molar-refractivity contribution is 6.03. The molecule has 8 heteroatoms. The van der Waals surface area contributed by atoms with Gasteiger partial charge in [0.25, 0.3) is 5.91 Å². The van der Waals surface area contributed by atoms with Gasteiger partial charge in [-0.2, -0.15) is 5.10 Å². The quantitative estimate of drug-likeness (QED) is 0.680. The van der Waals surface area contributed by atoms with Gasteiger partial charge < -0.3 is 16.2 Å². The Kier molecular flexibility index (Phi) is 3.67. The number of nitrogens with two attached hydrogens (primary N) is 1. The SMILES string of the molecule is CCn1ncc(NC(=O)[C@@H]2[C@@H](C(=O)O)[C@H]3C=C[C@H]2C3)c1C(N)=O. The van der Waals surface area contributed by atoms with Crippen LogP contribution in [0.1, 0.15) is 23.8 Å². The van der Waals surface area contributed by atoms with Gasteiger partial charge in [0, 0.05) is 6.54 Å². The van der Waals surface area contributed by atoms with Crippen molar-refractivity contribution < 1.29 is 19.5 Å². The van der Waals surface area contributed by atoms with Crippen molar-refractivity contribution in [2.45, 2.75) is 19.9 Å². The van der Waals surface area contributed by atoms with Gasteiger partial charge in [-0.25, -0.2) is 0 Å². The number of allylic oxidation sites excluding steroid dienone is 2. The summed E-state index contributed by atoms with van der Waals surface area (Å²) in [6.45, 7) is 2.23. The Morgan fingerprint density at radius 3 is 2.57 bits per heavy atom. The van der Waals surface area contributed by atoms with Crippen molar-refractivity contribution in [3.63, 3.8) is 0 Å². The molecule has 4 atom stereocenters. The van der Waals surface area contributed by atoms with E-state index in [2.05, 4.69) is 10.4 Å². The van der Waals surface area contributed by atoms with Crippen molar-refractivity contribution in [1.82, 2.24) is 9.78 Å². The molecule has 4 N–H and O–H groups in total. The first-order valence-electron chi connectivity index (χ1n) is 7.51. The number of hydrogen-bond donors (Lipinski definition) is 3. The molecule has 1 saturated carbocycles. The first-order valence-corrected chi connectivity index (χ1v) is 7.51. The number of aryl methyl sites for hydroxylation is 1. The van der Waals surface area contributed by atoms with E-state index < -0.39 is 29.6 Å². The van der Waals surface area contributed by atoms with Crippen molar-refractivity contribution in [2.24, 2.45) is 29.4 Å². The first-order chi connectivity index (χ1) is 10.9. The molecular weight excluding hydrogens is 300 g/mol. The highest BCUT2D eigenvalue weighted by Gasteiger charge is 2.51. The number of carbonyl (C=O) groups is 3. The second-order valence-electron chi connectivity index (χ2n) is 5.91. The first kappa shape index (κ1) is 15.3. The van der Waals surface area contributed by atoms with Crippen molar-refractivity contribution in [2.75, 3.05) is 5.32 Å². The summed E-state index contributed by atoms with van der Waals surface area (Å²) in [5, 5.41) is 16.0. The number of amides is 2. The number of carboxylic acid groups (broad SMARTS) is 1. The van der Waals surface area contributed by atoms with E-state index >= 15 is 0 Å². The highest BCUT2D eigenvalue weighted by Crippen LogP contribution is 2.48. The van der Waals surface area contributed by atoms with Gasteiger partial charge in [0.05, 0.1) is 23.7 Å². The minimum atomic E-state index is -0.971. The van der Waals surface area contributed by atoms with E-state index in [1.165, 1.54) is 10.9 Å². The summed E-state index contributed by atoms with van der Waals surface area (Å²) < 4.78 is 1.40. The van der Waals surface area contributed by atoms with Crippen LogP contribution in [0.2, 0.25) is 0 Å². The van der Waals surface area contributed by atoms with Gasteiger partial charge in [0.15, 0.2) is 0 Å². The number of fused-ring (bicyclic) bond motifs is 2. The van der Waals surface area contributed by atoms with E-state index in [1.54, 1.807) is 6.92 Å². The van der Waals surface area contributed by atoms with E-state index in [1.807, 2.05) is 12.2 Å². The number of carbonyl (C=O) groups excluding carboxylic acids is 2. The van der Waals surface area contributed by atoms with Crippen LogP contribution in [0.5, 0.6) is 0 Å². The zero-order valence-electron chi connectivity index (χ0n) is 12.6. The molecule has 2 bridgehead atoms. The maximum atomic E-state index is 12.6. The molecule has 3 rings (SSSR count). The van der Waals surface area contributed by atoms with Crippen molar-refractivity contribution in [1.29, 1.82) is 0 Å². The van der Waals surface area contributed by atoms with E-state index in [4.69, 9.17) is 5.73 Å². The molecule has 1 aromatic rings. The van der Waals surface area contributed by atoms with Crippen LogP contribution < -0.4 is 11.1 Å². The Morgan fingerprint density at radius 1 is 1.35 bits per heavy atom. The number of carboxylic acids is 1. The predicted octanol–water partition coefficient (Wildman–Crippen LogP) is 0.463. The monoisotopic (exact) mass is 318 g/mol. The maximum Gasteiger partial charge on any atom is 0.307 e. The number of hydrogen-bond acceptors (Lipinski definition) is 4. The molecule has 0 spiro atoms. The average molecular weight is 318 g/mol. The van der Waals surface area contributed by atoms with Gasteiger partial charge in [-0.1, -0.05) is 12.2 Å². The minimum absolute atomic E-state index is 0.0839. The molecule has 2 amide bonds. The smallest absolute Gasteiger partial charge is 0.307 e. The molecule has 1 aromatic heterocycles. The molecule has 8 nitrogen and oxygen atoms in total. The Hall–Kier alpha value is -2.64. The van der Waals surface area contributed by atoms with Gasteiger partial charge in [-0.15, -0.1) is 0 Å². The summed E-state index contributed by atoms with van der Waals surface area (Å²) in [6.07, 6.45) is 5.81. The fourth-order valence-electron chi connectivity index (χ4n) is 3.71. The van der Waals surface area contributed by atoms with Crippen LogP contribution in [0, 0.1) is 23.7 Å². The second kappa shape index (κ2) is 5.53. The Morgan fingerprint density at radius 2 is 2.00 bits per heavy atom. The lowest BCUT2D eigenvalue weighted by atomic mass is 9.82. The average Bonchev–Trinajstić information content (AvgIpc) is 3.19. The van der Waals surface area contributed by atoms with Crippen molar-refractivity contribution in [3.05, 3.63) is 24.0 Å². The molecule has 2 aliphatic rings. The third kappa shape index (κ3) is 2.39. The number of anilines is 1. The molecular formula is C15H18N4O4. The second-order valence-corrected chi connectivity index (χ2v) is 5.91. The predicted molar refractivity (Wildman–Crippen MR) is 80.4 cm³/mol. The summed E-state index contributed by atoms with van der Waals surface area (Å²) in [5.74, 6) is -3.64. The Balaban J connectivity index is 1.85. The third-order valence-corrected chi connectivity index (χ3v) is 4.68. The van der Waals surface area contributed by atoms with Gasteiger partial charge >= 0.3 is 5.97 Å². The van der Waals surface area contributed by atoms with Gasteiger partial charge in [-0.05, 0) is 25.2 Å². The molecule has 0 radical (unpaired) electrons. The summed E-state index contributed by atoms with van der Waals surface area (Å²) in [6, 6.07) is 0. The van der Waals surface area contributed by atoms with Crippen LogP contribution in [0.15, 0.2) is 18.3 Å². The maximum absolute atomic E-state index is 12.6. The van der Waals surface area contributed by atoms with Gasteiger partial charge in [0.1, 0.15) is 5.69 Å². The van der Waals surface area contributed by atoms with Crippen molar-refractivity contribution in [3.8, 4) is 0 Å². The van der Waals surface area contributed by atoms with Crippen molar-refractivity contribution >= 4 is 23.5 Å². The minimum Gasteiger partial charge on any atom is -0.481 e. The molecule has 0 aromatic carbocycles.